The van der Waals surface area contributed by atoms with Crippen molar-refractivity contribution in [2.45, 2.75) is 19.8 Å². The number of aromatic nitrogens is 1. The number of aryl methyl sites for hydroxylation is 1. The van der Waals surface area contributed by atoms with Crippen LogP contribution in [-0.2, 0) is 14.4 Å². The molecule has 31 heavy (non-hydrogen) atoms. The molecule has 1 aromatic carbocycles. The lowest BCUT2D eigenvalue weighted by molar-refractivity contribution is -0.139. The maximum Gasteiger partial charge on any atom is 0.341 e. The predicted molar refractivity (Wildman–Crippen MR) is 119 cm³/mol. The molecule has 11 heteroatoms. The van der Waals surface area contributed by atoms with Crippen molar-refractivity contribution in [3.8, 4) is 5.75 Å². The third-order valence-electron chi connectivity index (χ3n) is 4.38. The smallest absolute Gasteiger partial charge is 0.341 e. The Morgan fingerprint density at radius 2 is 2.23 bits per heavy atom. The van der Waals surface area contributed by atoms with Gasteiger partial charge in [-0.2, -0.15) is 0 Å². The lowest BCUT2D eigenvalue weighted by atomic mass is 10.2. The molecule has 1 saturated carbocycles. The van der Waals surface area contributed by atoms with Crippen molar-refractivity contribution in [2.75, 3.05) is 11.9 Å². The van der Waals surface area contributed by atoms with Crippen LogP contribution in [0, 0.1) is 12.8 Å². The molecule has 2 aromatic rings. The molecule has 2 fully saturated rings. The number of aliphatic imine (C=N–C) groups is 1. The molecule has 2 heterocycles. The summed E-state index contributed by atoms with van der Waals surface area (Å²) in [6.07, 6.45) is 5.17. The van der Waals surface area contributed by atoms with E-state index in [9.17, 15) is 14.4 Å². The summed E-state index contributed by atoms with van der Waals surface area (Å²) in [6.45, 7) is 1.40. The minimum atomic E-state index is -1.05. The largest absolute Gasteiger partial charge is 0.482 e. The normalized spacial score (nSPS) is 18.3. The number of hydrogen-bond acceptors (Lipinski definition) is 8. The minimum Gasteiger partial charge on any atom is -0.482 e. The maximum absolute atomic E-state index is 12.3. The average molecular weight is 459 g/mol. The monoisotopic (exact) mass is 458 g/mol. The van der Waals surface area contributed by atoms with Crippen molar-refractivity contribution in [1.82, 2.24) is 10.3 Å². The van der Waals surface area contributed by atoms with E-state index < -0.39 is 12.6 Å². The molecular weight excluding hydrogens is 440 g/mol. The number of carboxylic acid groups (broad SMARTS) is 1. The van der Waals surface area contributed by atoms with Gasteiger partial charge in [0.2, 0.25) is 5.91 Å². The predicted octanol–water partition coefficient (Wildman–Crippen LogP) is 3.16. The highest BCUT2D eigenvalue weighted by Gasteiger charge is 2.30. The summed E-state index contributed by atoms with van der Waals surface area (Å²) < 4.78 is 5.15. The number of carboxylic acids is 1. The number of anilines is 1. The van der Waals surface area contributed by atoms with Crippen LogP contribution in [0.5, 0.6) is 5.75 Å². The van der Waals surface area contributed by atoms with Gasteiger partial charge in [0.15, 0.2) is 16.9 Å². The first kappa shape index (κ1) is 21.1. The number of nitrogens with one attached hydrogen (secondary N) is 2. The van der Waals surface area contributed by atoms with E-state index in [1.807, 2.05) is 6.92 Å². The van der Waals surface area contributed by atoms with Crippen molar-refractivity contribution in [3.05, 3.63) is 39.7 Å². The van der Waals surface area contributed by atoms with Crippen molar-refractivity contribution in [3.63, 3.8) is 0 Å². The number of rotatable bonds is 7. The van der Waals surface area contributed by atoms with Crippen molar-refractivity contribution in [2.24, 2.45) is 10.9 Å². The Kier molecular flexibility index (Phi) is 6.05. The fraction of sp³-hybridized carbons (Fsp3) is 0.250. The zero-order chi connectivity index (χ0) is 22.0. The Hall–Kier alpha value is -3.18. The molecule has 1 aliphatic carbocycles. The highest BCUT2D eigenvalue weighted by atomic mass is 32.2. The van der Waals surface area contributed by atoms with Crippen LogP contribution in [0.2, 0.25) is 0 Å². The van der Waals surface area contributed by atoms with Gasteiger partial charge >= 0.3 is 5.97 Å². The van der Waals surface area contributed by atoms with Gasteiger partial charge < -0.3 is 20.5 Å². The van der Waals surface area contributed by atoms with Gasteiger partial charge in [-0.05, 0) is 61.4 Å². The summed E-state index contributed by atoms with van der Waals surface area (Å²) in [7, 11) is 0. The third-order valence-corrected chi connectivity index (χ3v) is 6.15. The number of benzene rings is 1. The van der Waals surface area contributed by atoms with E-state index in [-0.39, 0.29) is 17.7 Å². The molecule has 1 aliphatic heterocycles. The molecule has 0 atom stereocenters. The molecule has 3 N–H and O–H groups in total. The van der Waals surface area contributed by atoms with Gasteiger partial charge in [-0.3, -0.25) is 9.59 Å². The van der Waals surface area contributed by atoms with Gasteiger partial charge in [0.1, 0.15) is 5.75 Å². The standard InChI is InChI=1S/C20H18N4O5S2/c1-10-6-12(29-9-16(25)26)4-5-14(10)22-20-24-18(28)15(31-20)7-13-8-21-19(30-13)23-17(27)11-2-3-11/h4-8,11H,2-3,9H2,1H3,(H,25,26)(H,21,23,27)(H,22,24,28)/b15-7-. The van der Waals surface area contributed by atoms with E-state index in [1.165, 1.54) is 23.1 Å². The van der Waals surface area contributed by atoms with Crippen LogP contribution >= 0.6 is 23.1 Å². The first-order valence-electron chi connectivity index (χ1n) is 9.39. The number of amidine groups is 1. The molecule has 9 nitrogen and oxygen atoms in total. The Balaban J connectivity index is 1.43. The molecule has 2 amide bonds. The fourth-order valence-electron chi connectivity index (χ4n) is 2.67. The van der Waals surface area contributed by atoms with Crippen LogP contribution in [0.4, 0.5) is 10.8 Å². The maximum atomic E-state index is 12.3. The number of thiazole rings is 1. The summed E-state index contributed by atoms with van der Waals surface area (Å²) in [4.78, 5) is 44.6. The number of hydrogen-bond donors (Lipinski definition) is 3. The second-order valence-electron chi connectivity index (χ2n) is 6.94. The quantitative estimate of drug-likeness (QED) is 0.543. The summed E-state index contributed by atoms with van der Waals surface area (Å²) in [5.41, 5.74) is 1.41. The molecule has 0 bridgehead atoms. The second kappa shape index (κ2) is 8.90. The number of carbonyl (C=O) groups excluding carboxylic acids is 2. The molecule has 1 saturated heterocycles. The first-order chi connectivity index (χ1) is 14.9. The number of thioether (sulfide) groups is 1. The van der Waals surface area contributed by atoms with Gasteiger partial charge in [0, 0.05) is 12.1 Å². The zero-order valence-electron chi connectivity index (χ0n) is 16.4. The van der Waals surface area contributed by atoms with E-state index in [2.05, 4.69) is 20.6 Å². The van der Waals surface area contributed by atoms with Gasteiger partial charge in [-0.15, -0.1) is 0 Å². The van der Waals surface area contributed by atoms with E-state index in [0.29, 0.717) is 26.6 Å². The van der Waals surface area contributed by atoms with Gasteiger partial charge in [-0.1, -0.05) is 11.3 Å². The highest BCUT2D eigenvalue weighted by molar-refractivity contribution is 8.18. The summed E-state index contributed by atoms with van der Waals surface area (Å²) in [6, 6.07) is 5.02. The fourth-order valence-corrected chi connectivity index (χ4v) is 4.33. The van der Waals surface area contributed by atoms with Crippen LogP contribution in [0.3, 0.4) is 0 Å². The Bertz CT molecular complexity index is 1120. The molecule has 0 spiro atoms. The molecule has 160 valence electrons. The average Bonchev–Trinajstić information content (AvgIpc) is 3.40. The topological polar surface area (TPSA) is 130 Å². The summed E-state index contributed by atoms with van der Waals surface area (Å²) in [5.74, 6) is -0.792. The minimum absolute atomic E-state index is 0.00861. The molecule has 4 rings (SSSR count). The SMILES string of the molecule is Cc1cc(OCC(=O)O)ccc1/N=C1/NC(=O)/C(=C/c2cnc(NC(=O)C3CC3)s2)S1. The van der Waals surface area contributed by atoms with E-state index in [4.69, 9.17) is 9.84 Å². The molecule has 0 unspecified atom stereocenters. The lowest BCUT2D eigenvalue weighted by Gasteiger charge is -2.06. The van der Waals surface area contributed by atoms with E-state index in [0.717, 1.165) is 23.3 Å². The van der Waals surface area contributed by atoms with Gasteiger partial charge in [-0.25, -0.2) is 14.8 Å². The van der Waals surface area contributed by atoms with Crippen LogP contribution in [0.15, 0.2) is 34.3 Å². The van der Waals surface area contributed by atoms with Crippen LogP contribution in [-0.4, -0.2) is 39.6 Å². The van der Waals surface area contributed by atoms with Gasteiger partial charge in [0.25, 0.3) is 5.91 Å². The van der Waals surface area contributed by atoms with Crippen LogP contribution in [0.1, 0.15) is 23.3 Å². The van der Waals surface area contributed by atoms with Crippen LogP contribution < -0.4 is 15.4 Å². The summed E-state index contributed by atoms with van der Waals surface area (Å²) >= 11 is 2.51. The highest BCUT2D eigenvalue weighted by Crippen LogP contribution is 2.33. The second-order valence-corrected chi connectivity index (χ2v) is 9.04. The Labute approximate surface area is 185 Å². The van der Waals surface area contributed by atoms with E-state index in [1.54, 1.807) is 30.5 Å². The summed E-state index contributed by atoms with van der Waals surface area (Å²) in [5, 5.41) is 15.2. The number of nitrogens with zero attached hydrogens (tertiary/aromatic N) is 2. The lowest BCUT2D eigenvalue weighted by Crippen LogP contribution is -2.19. The van der Waals surface area contributed by atoms with Crippen molar-refractivity contribution in [1.29, 1.82) is 0 Å². The molecular formula is C20H18N4O5S2. The number of carbonyl (C=O) groups is 3. The number of ether oxygens (including phenoxy) is 1. The Morgan fingerprint density at radius 1 is 1.42 bits per heavy atom. The first-order valence-corrected chi connectivity index (χ1v) is 11.0. The van der Waals surface area contributed by atoms with Gasteiger partial charge in [0.05, 0.1) is 15.5 Å². The van der Waals surface area contributed by atoms with Crippen molar-refractivity contribution >= 4 is 62.9 Å². The number of aliphatic carboxylic acids is 1. The third kappa shape index (κ3) is 5.50. The molecule has 1 aromatic heterocycles. The molecule has 0 radical (unpaired) electrons. The zero-order valence-corrected chi connectivity index (χ0v) is 18.0. The van der Waals surface area contributed by atoms with Crippen molar-refractivity contribution < 1.29 is 24.2 Å². The number of amides is 2. The Morgan fingerprint density at radius 3 is 2.94 bits per heavy atom. The molecule has 2 aliphatic rings. The van der Waals surface area contributed by atoms with E-state index >= 15 is 0 Å². The van der Waals surface area contributed by atoms with Crippen LogP contribution in [0.25, 0.3) is 6.08 Å².